The molecule has 10 atom stereocenters. The van der Waals surface area contributed by atoms with Crippen LogP contribution in [-0.2, 0) is 30.3 Å². The van der Waals surface area contributed by atoms with Crippen LogP contribution in [0.1, 0.15) is 76.7 Å². The SMILES string of the molecule is CCCCCC(=O)N[C@@H](Cc1ccc(O)cc1)C(=O)N1[C@H](C(=O)NC(CO)CCCN=C(N)N)C[C@@H]2CCC(OC3OC(CO)C(O)C3O)C[C@@H]21. The van der Waals surface area contributed by atoms with E-state index in [1.807, 2.05) is 6.92 Å². The molecule has 286 valence electrons. The van der Waals surface area contributed by atoms with Crippen LogP contribution in [-0.4, -0.2) is 129 Å². The van der Waals surface area contributed by atoms with E-state index < -0.39 is 73.3 Å². The number of ether oxygens (including phenoxy) is 2. The molecular formula is C35H56N6O10. The molecule has 6 unspecified atom stereocenters. The fourth-order valence-corrected chi connectivity index (χ4v) is 7.36. The summed E-state index contributed by atoms with van der Waals surface area (Å²) in [5.41, 5.74) is 11.5. The average molecular weight is 721 g/mol. The van der Waals surface area contributed by atoms with E-state index >= 15 is 0 Å². The third kappa shape index (κ3) is 11.0. The number of aromatic hydroxyl groups is 1. The summed E-state index contributed by atoms with van der Waals surface area (Å²) in [7, 11) is 0. The molecule has 0 spiro atoms. The van der Waals surface area contributed by atoms with Crippen LogP contribution in [0.15, 0.2) is 29.3 Å². The third-order valence-electron chi connectivity index (χ3n) is 10.1. The highest BCUT2D eigenvalue weighted by molar-refractivity contribution is 5.93. The first-order valence-electron chi connectivity index (χ1n) is 18.1. The van der Waals surface area contributed by atoms with Crippen LogP contribution in [0, 0.1) is 5.92 Å². The van der Waals surface area contributed by atoms with Crippen LogP contribution in [0.3, 0.4) is 0 Å². The maximum absolute atomic E-state index is 14.7. The van der Waals surface area contributed by atoms with Gasteiger partial charge in [-0.3, -0.25) is 19.4 Å². The van der Waals surface area contributed by atoms with Gasteiger partial charge < -0.3 is 62.0 Å². The number of nitrogens with two attached hydrogens (primary N) is 2. The van der Waals surface area contributed by atoms with Gasteiger partial charge >= 0.3 is 0 Å². The number of amides is 3. The minimum atomic E-state index is -1.38. The lowest BCUT2D eigenvalue weighted by molar-refractivity contribution is -0.202. The van der Waals surface area contributed by atoms with Crippen LogP contribution >= 0.6 is 0 Å². The number of hydrogen-bond donors (Lipinski definition) is 9. The largest absolute Gasteiger partial charge is 0.508 e. The monoisotopic (exact) mass is 720 g/mol. The summed E-state index contributed by atoms with van der Waals surface area (Å²) in [6.45, 7) is 1.52. The highest BCUT2D eigenvalue weighted by atomic mass is 16.7. The lowest BCUT2D eigenvalue weighted by atomic mass is 9.83. The highest BCUT2D eigenvalue weighted by Gasteiger charge is 2.52. The molecule has 11 N–H and O–H groups in total. The molecule has 2 saturated heterocycles. The molecule has 2 aliphatic heterocycles. The maximum atomic E-state index is 14.7. The van der Waals surface area contributed by atoms with Crippen molar-refractivity contribution in [1.29, 1.82) is 0 Å². The molecule has 16 heteroatoms. The van der Waals surface area contributed by atoms with Crippen LogP contribution in [0.2, 0.25) is 0 Å². The zero-order chi connectivity index (χ0) is 37.1. The van der Waals surface area contributed by atoms with Gasteiger partial charge in [-0.05, 0) is 68.6 Å². The second-order valence-electron chi connectivity index (χ2n) is 13.9. The lowest BCUT2D eigenvalue weighted by Gasteiger charge is -2.39. The van der Waals surface area contributed by atoms with E-state index in [0.29, 0.717) is 57.1 Å². The number of fused-ring (bicyclic) bond motifs is 1. The number of carbonyl (C=O) groups excluding carboxylic acids is 3. The van der Waals surface area contributed by atoms with Gasteiger partial charge in [-0.2, -0.15) is 0 Å². The first kappa shape index (κ1) is 40.2. The molecule has 1 aliphatic carbocycles. The minimum Gasteiger partial charge on any atom is -0.508 e. The quantitative estimate of drug-likeness (QED) is 0.0509. The summed E-state index contributed by atoms with van der Waals surface area (Å²) in [6.07, 6.45) is 0.0791. The summed E-state index contributed by atoms with van der Waals surface area (Å²) < 4.78 is 11.7. The first-order chi connectivity index (χ1) is 24.4. The predicted octanol–water partition coefficient (Wildman–Crippen LogP) is -0.876. The van der Waals surface area contributed by atoms with E-state index in [1.165, 1.54) is 12.1 Å². The Bertz CT molecular complexity index is 1310. The number of aliphatic hydroxyl groups excluding tert-OH is 4. The Balaban J connectivity index is 1.59. The van der Waals surface area contributed by atoms with Crippen molar-refractivity contribution in [3.05, 3.63) is 29.8 Å². The van der Waals surface area contributed by atoms with Gasteiger partial charge in [0.2, 0.25) is 17.7 Å². The number of aliphatic imine (C=N–C) groups is 1. The fourth-order valence-electron chi connectivity index (χ4n) is 7.36. The van der Waals surface area contributed by atoms with Crippen LogP contribution < -0.4 is 22.1 Å². The Morgan fingerprint density at radius 1 is 1.04 bits per heavy atom. The van der Waals surface area contributed by atoms with Gasteiger partial charge in [-0.25, -0.2) is 0 Å². The van der Waals surface area contributed by atoms with Gasteiger partial charge in [0, 0.05) is 25.4 Å². The molecule has 0 radical (unpaired) electrons. The van der Waals surface area contributed by atoms with Gasteiger partial charge in [0.15, 0.2) is 12.2 Å². The molecular weight excluding hydrogens is 664 g/mol. The number of unbranched alkanes of at least 4 members (excludes halogenated alkanes) is 2. The van der Waals surface area contributed by atoms with Crippen molar-refractivity contribution >= 4 is 23.7 Å². The average Bonchev–Trinajstić information content (AvgIpc) is 3.62. The van der Waals surface area contributed by atoms with Crippen molar-refractivity contribution < 1.29 is 49.4 Å². The second-order valence-corrected chi connectivity index (χ2v) is 13.9. The zero-order valence-corrected chi connectivity index (χ0v) is 29.3. The van der Waals surface area contributed by atoms with E-state index in [1.54, 1.807) is 17.0 Å². The van der Waals surface area contributed by atoms with Gasteiger partial charge in [-0.15, -0.1) is 0 Å². The Morgan fingerprint density at radius 2 is 1.78 bits per heavy atom. The van der Waals surface area contributed by atoms with Crippen molar-refractivity contribution in [3.8, 4) is 5.75 Å². The molecule has 3 aliphatic rings. The minimum absolute atomic E-state index is 0.0534. The van der Waals surface area contributed by atoms with Crippen LogP contribution in [0.5, 0.6) is 5.75 Å². The van der Waals surface area contributed by atoms with E-state index in [9.17, 15) is 39.9 Å². The van der Waals surface area contributed by atoms with Crippen molar-refractivity contribution in [2.45, 2.75) is 132 Å². The number of nitrogens with zero attached hydrogens (tertiary/aromatic N) is 2. The number of carbonyl (C=O) groups is 3. The number of benzene rings is 1. The first-order valence-corrected chi connectivity index (χ1v) is 18.1. The molecule has 0 bridgehead atoms. The Morgan fingerprint density at radius 3 is 2.43 bits per heavy atom. The van der Waals surface area contributed by atoms with Gasteiger partial charge in [0.05, 0.1) is 25.4 Å². The maximum Gasteiger partial charge on any atom is 0.246 e. The molecule has 16 nitrogen and oxygen atoms in total. The van der Waals surface area contributed by atoms with Gasteiger partial charge in [-0.1, -0.05) is 31.9 Å². The third-order valence-corrected chi connectivity index (χ3v) is 10.1. The molecule has 1 aromatic rings. The predicted molar refractivity (Wildman–Crippen MR) is 186 cm³/mol. The normalized spacial score (nSPS) is 28.5. The number of guanidine groups is 1. The van der Waals surface area contributed by atoms with Crippen molar-refractivity contribution in [2.75, 3.05) is 19.8 Å². The summed E-state index contributed by atoms with van der Waals surface area (Å²) in [5, 5.41) is 56.0. The number of nitrogens with one attached hydrogen (secondary N) is 2. The molecule has 1 aromatic carbocycles. The van der Waals surface area contributed by atoms with E-state index in [4.69, 9.17) is 20.9 Å². The number of aliphatic hydroxyl groups is 4. The molecule has 51 heavy (non-hydrogen) atoms. The van der Waals surface area contributed by atoms with E-state index in [2.05, 4.69) is 15.6 Å². The summed E-state index contributed by atoms with van der Waals surface area (Å²) in [6, 6.07) is 3.35. The molecule has 3 amide bonds. The highest BCUT2D eigenvalue weighted by Crippen LogP contribution is 2.42. The second kappa shape index (κ2) is 19.3. The Labute approximate surface area is 298 Å². The molecule has 1 saturated carbocycles. The van der Waals surface area contributed by atoms with Gasteiger partial charge in [0.25, 0.3) is 0 Å². The number of phenolic OH excluding ortho intramolecular Hbond substituents is 1. The number of likely N-dealkylation sites (tertiary alicyclic amines) is 1. The van der Waals surface area contributed by atoms with Crippen LogP contribution in [0.25, 0.3) is 0 Å². The number of rotatable bonds is 18. The summed E-state index contributed by atoms with van der Waals surface area (Å²) in [4.78, 5) is 47.4. The van der Waals surface area contributed by atoms with Crippen molar-refractivity contribution in [3.63, 3.8) is 0 Å². The summed E-state index contributed by atoms with van der Waals surface area (Å²) in [5.74, 6) is -1.24. The molecule has 2 heterocycles. The number of hydrogen-bond acceptors (Lipinski definition) is 11. The van der Waals surface area contributed by atoms with Crippen molar-refractivity contribution in [1.82, 2.24) is 15.5 Å². The Hall–Kier alpha value is -3.54. The molecule has 4 rings (SSSR count). The topological polar surface area (TPSA) is 263 Å². The van der Waals surface area contributed by atoms with Crippen molar-refractivity contribution in [2.24, 2.45) is 22.4 Å². The van der Waals surface area contributed by atoms with Gasteiger partial charge in [0.1, 0.15) is 36.1 Å². The van der Waals surface area contributed by atoms with E-state index in [0.717, 1.165) is 12.8 Å². The fraction of sp³-hybridized carbons (Fsp3) is 0.714. The van der Waals surface area contributed by atoms with Crippen LogP contribution in [0.4, 0.5) is 0 Å². The lowest BCUT2D eigenvalue weighted by Crippen LogP contribution is -2.58. The number of phenols is 1. The zero-order valence-electron chi connectivity index (χ0n) is 29.3. The standard InChI is InChI=1S/C35H56N6O10/c1-2-3-4-7-29(45)40-25(15-20-8-11-23(44)12-9-20)33(49)41-26-17-24(50-34-31(47)30(46)28(19-43)51-34)13-10-21(26)16-27(41)32(48)39-22(18-42)6-5-14-38-35(36)37/h8-9,11-12,21-22,24-28,30-31,34,42-44,46-47H,2-7,10,13-19H2,1H3,(H,39,48)(H,40,45)(H4,36,37,38)/t21-,22?,24?,25-,26-,27-,28?,30?,31?,34?/m0/s1. The molecule has 0 aromatic heterocycles. The Kier molecular flexibility index (Phi) is 15.3. The summed E-state index contributed by atoms with van der Waals surface area (Å²) >= 11 is 0. The molecule has 3 fully saturated rings. The smallest absolute Gasteiger partial charge is 0.246 e. The van der Waals surface area contributed by atoms with E-state index in [-0.39, 0.29) is 43.0 Å².